The van der Waals surface area contributed by atoms with Gasteiger partial charge in [-0.3, -0.25) is 0 Å². The van der Waals surface area contributed by atoms with E-state index < -0.39 is 0 Å². The summed E-state index contributed by atoms with van der Waals surface area (Å²) in [5.74, 6) is 0.446. The lowest BCUT2D eigenvalue weighted by Crippen LogP contribution is -2.02. The molecule has 1 rings (SSSR count). The van der Waals surface area contributed by atoms with E-state index in [1.807, 2.05) is 53.7 Å². The molecule has 3 nitrogen and oxygen atoms in total. The summed E-state index contributed by atoms with van der Waals surface area (Å²) in [5, 5.41) is 3.17. The molecule has 1 aromatic rings. The highest BCUT2D eigenvalue weighted by molar-refractivity contribution is 5.75. The molecule has 124 valence electrons. The quantitative estimate of drug-likeness (QED) is 0.651. The molecule has 0 aliphatic carbocycles. The van der Waals surface area contributed by atoms with Crippen LogP contribution in [0.4, 0.5) is 11.5 Å². The van der Waals surface area contributed by atoms with Gasteiger partial charge in [0.15, 0.2) is 0 Å². The van der Waals surface area contributed by atoms with Crippen LogP contribution in [-0.2, 0) is 0 Å². The number of nitrogens with one attached hydrogen (secondary N) is 1. The second-order valence-corrected chi connectivity index (χ2v) is 3.05. The number of pyridine rings is 1. The molecule has 0 bridgehead atoms. The van der Waals surface area contributed by atoms with Gasteiger partial charge in [0, 0.05) is 17.5 Å². The lowest BCUT2D eigenvalue weighted by molar-refractivity contribution is 1.31. The number of hydrogen-bond acceptors (Lipinski definition) is 3. The van der Waals surface area contributed by atoms with Gasteiger partial charge in [-0.15, -0.1) is 0 Å². The molecule has 0 saturated carbocycles. The molecule has 0 atom stereocenters. The standard InChI is InChI=1S/C13H15N3.3C2H6/c1-4-7-10(5-2)16-12-8-9-15-13(14)11(12)6-3;3*1-2/h4-9H,1-3H2,(H3,14,15,16);3*1-2H3/b10-7+;;;. The highest BCUT2D eigenvalue weighted by atomic mass is 14.9. The minimum absolute atomic E-state index is 0.446. The van der Waals surface area contributed by atoms with Crippen LogP contribution >= 0.6 is 0 Å². The summed E-state index contributed by atoms with van der Waals surface area (Å²) in [7, 11) is 0. The number of allylic oxidation sites excluding steroid dienone is 3. The highest BCUT2D eigenvalue weighted by Gasteiger charge is 2.03. The van der Waals surface area contributed by atoms with Gasteiger partial charge < -0.3 is 11.1 Å². The maximum Gasteiger partial charge on any atom is 0.132 e. The third kappa shape index (κ3) is 9.59. The molecule has 3 heteroatoms. The van der Waals surface area contributed by atoms with Crippen molar-refractivity contribution in [3.05, 3.63) is 61.5 Å². The number of anilines is 2. The Hall–Kier alpha value is -2.29. The Bertz CT molecular complexity index is 446. The minimum atomic E-state index is 0.446. The van der Waals surface area contributed by atoms with E-state index in [1.54, 1.807) is 24.4 Å². The number of aromatic nitrogens is 1. The maximum atomic E-state index is 5.74. The number of nitrogens with two attached hydrogens (primary N) is 1. The van der Waals surface area contributed by atoms with Crippen molar-refractivity contribution in [3.8, 4) is 0 Å². The van der Waals surface area contributed by atoms with Crippen molar-refractivity contribution in [1.82, 2.24) is 4.98 Å². The van der Waals surface area contributed by atoms with Gasteiger partial charge in [-0.25, -0.2) is 4.98 Å². The average Bonchev–Trinajstić information content (AvgIpc) is 2.60. The molecule has 0 amide bonds. The fraction of sp³-hybridized carbons (Fsp3) is 0.316. The molecule has 0 radical (unpaired) electrons. The first kappa shape index (κ1) is 24.7. The Labute approximate surface area is 137 Å². The van der Waals surface area contributed by atoms with Gasteiger partial charge in [-0.2, -0.15) is 0 Å². The lowest BCUT2D eigenvalue weighted by Gasteiger charge is -2.11. The van der Waals surface area contributed by atoms with E-state index >= 15 is 0 Å². The summed E-state index contributed by atoms with van der Waals surface area (Å²) in [6.07, 6.45) is 8.50. The zero-order valence-corrected chi connectivity index (χ0v) is 15.1. The van der Waals surface area contributed by atoms with Crippen molar-refractivity contribution in [3.63, 3.8) is 0 Å². The van der Waals surface area contributed by atoms with E-state index in [9.17, 15) is 0 Å². The molecule has 0 saturated heterocycles. The molecule has 0 unspecified atom stereocenters. The van der Waals surface area contributed by atoms with Crippen LogP contribution in [0.1, 0.15) is 47.1 Å². The third-order valence-corrected chi connectivity index (χ3v) is 2.02. The smallest absolute Gasteiger partial charge is 0.132 e. The fourth-order valence-corrected chi connectivity index (χ4v) is 1.26. The first-order chi connectivity index (χ1) is 10.7. The zero-order valence-electron chi connectivity index (χ0n) is 15.1. The van der Waals surface area contributed by atoms with Gasteiger partial charge in [0.2, 0.25) is 0 Å². The van der Waals surface area contributed by atoms with Gasteiger partial charge in [-0.1, -0.05) is 73.4 Å². The van der Waals surface area contributed by atoms with Crippen LogP contribution in [0.3, 0.4) is 0 Å². The zero-order chi connectivity index (χ0) is 18.0. The molecular formula is C19H33N3. The van der Waals surface area contributed by atoms with Crippen LogP contribution in [0.25, 0.3) is 6.08 Å². The van der Waals surface area contributed by atoms with Crippen molar-refractivity contribution in [2.45, 2.75) is 41.5 Å². The van der Waals surface area contributed by atoms with Gasteiger partial charge >= 0.3 is 0 Å². The maximum absolute atomic E-state index is 5.74. The topological polar surface area (TPSA) is 50.9 Å². The van der Waals surface area contributed by atoms with Crippen LogP contribution in [0.15, 0.2) is 55.9 Å². The molecule has 1 heterocycles. The van der Waals surface area contributed by atoms with Crippen molar-refractivity contribution in [2.24, 2.45) is 0 Å². The van der Waals surface area contributed by atoms with Gasteiger partial charge in [-0.05, 0) is 18.2 Å². The van der Waals surface area contributed by atoms with Crippen LogP contribution in [-0.4, -0.2) is 4.98 Å². The van der Waals surface area contributed by atoms with Crippen LogP contribution < -0.4 is 11.1 Å². The highest BCUT2D eigenvalue weighted by Crippen LogP contribution is 2.22. The Morgan fingerprint density at radius 2 is 1.64 bits per heavy atom. The molecular weight excluding hydrogens is 270 g/mol. The van der Waals surface area contributed by atoms with E-state index in [4.69, 9.17) is 5.73 Å². The SMILES string of the molecule is C=C/C=C(\C=C)Nc1ccnc(N)c1C=C.CC.CC.CC. The van der Waals surface area contributed by atoms with E-state index in [1.165, 1.54) is 0 Å². The Morgan fingerprint density at radius 1 is 1.09 bits per heavy atom. The molecule has 0 aromatic carbocycles. The normalized spacial score (nSPS) is 8.55. The second-order valence-electron chi connectivity index (χ2n) is 3.05. The summed E-state index contributed by atoms with van der Waals surface area (Å²) in [6.45, 7) is 23.0. The summed E-state index contributed by atoms with van der Waals surface area (Å²) in [5.41, 5.74) is 8.19. The van der Waals surface area contributed by atoms with Crippen molar-refractivity contribution in [1.29, 1.82) is 0 Å². The number of nitrogen functional groups attached to an aromatic ring is 1. The van der Waals surface area contributed by atoms with E-state index in [2.05, 4.69) is 30.0 Å². The first-order valence-electron chi connectivity index (χ1n) is 7.82. The van der Waals surface area contributed by atoms with Crippen LogP contribution in [0, 0.1) is 0 Å². The van der Waals surface area contributed by atoms with Crippen LogP contribution in [0.2, 0.25) is 0 Å². The predicted molar refractivity (Wildman–Crippen MR) is 105 cm³/mol. The van der Waals surface area contributed by atoms with Crippen molar-refractivity contribution in [2.75, 3.05) is 11.1 Å². The molecule has 0 spiro atoms. The summed E-state index contributed by atoms with van der Waals surface area (Å²) in [6, 6.07) is 1.83. The van der Waals surface area contributed by atoms with E-state index in [-0.39, 0.29) is 0 Å². The Balaban J connectivity index is -0.000000535. The van der Waals surface area contributed by atoms with Gasteiger partial charge in [0.1, 0.15) is 5.82 Å². The van der Waals surface area contributed by atoms with E-state index in [0.717, 1.165) is 16.9 Å². The largest absolute Gasteiger partial charge is 0.383 e. The van der Waals surface area contributed by atoms with E-state index in [0.29, 0.717) is 5.82 Å². The third-order valence-electron chi connectivity index (χ3n) is 2.02. The summed E-state index contributed by atoms with van der Waals surface area (Å²) in [4.78, 5) is 3.99. The second kappa shape index (κ2) is 18.7. The average molecular weight is 303 g/mol. The fourth-order valence-electron chi connectivity index (χ4n) is 1.26. The molecule has 0 fully saturated rings. The summed E-state index contributed by atoms with van der Waals surface area (Å²) >= 11 is 0. The number of nitrogens with zero attached hydrogens (tertiary/aromatic N) is 1. The molecule has 22 heavy (non-hydrogen) atoms. The monoisotopic (exact) mass is 303 g/mol. The number of hydrogen-bond donors (Lipinski definition) is 2. The lowest BCUT2D eigenvalue weighted by atomic mass is 10.2. The summed E-state index contributed by atoms with van der Waals surface area (Å²) < 4.78 is 0. The van der Waals surface area contributed by atoms with Crippen molar-refractivity contribution < 1.29 is 0 Å². The van der Waals surface area contributed by atoms with Crippen LogP contribution in [0.5, 0.6) is 0 Å². The molecule has 0 aliphatic heterocycles. The minimum Gasteiger partial charge on any atom is -0.383 e. The molecule has 1 aromatic heterocycles. The number of rotatable bonds is 5. The molecule has 3 N–H and O–H groups in total. The molecule has 0 aliphatic rings. The Morgan fingerprint density at radius 3 is 2.05 bits per heavy atom. The first-order valence-corrected chi connectivity index (χ1v) is 7.82. The van der Waals surface area contributed by atoms with Gasteiger partial charge in [0.05, 0.1) is 5.69 Å². The predicted octanol–water partition coefficient (Wildman–Crippen LogP) is 6.05. The van der Waals surface area contributed by atoms with Crippen molar-refractivity contribution >= 4 is 17.6 Å². The Kier molecular flexibility index (Phi) is 21.0. The van der Waals surface area contributed by atoms with Gasteiger partial charge in [0.25, 0.3) is 0 Å².